The van der Waals surface area contributed by atoms with Gasteiger partial charge in [0.25, 0.3) is 5.79 Å². The summed E-state index contributed by atoms with van der Waals surface area (Å²) >= 11 is 0. The minimum absolute atomic E-state index is 0.198. The number of hydrogen-bond acceptors (Lipinski definition) is 11. The Kier molecular flexibility index (Phi) is 5.14. The Labute approximate surface area is 182 Å². The van der Waals surface area contributed by atoms with Crippen molar-refractivity contribution in [1.29, 1.82) is 0 Å². The Morgan fingerprint density at radius 3 is 2.12 bits per heavy atom. The van der Waals surface area contributed by atoms with Crippen molar-refractivity contribution in [2.45, 2.75) is 41.9 Å². The number of rotatable bonds is 3. The highest BCUT2D eigenvalue weighted by Gasteiger charge is 2.76. The summed E-state index contributed by atoms with van der Waals surface area (Å²) in [6.45, 7) is 0.396. The highest BCUT2D eigenvalue weighted by atomic mass is 16.7. The SMILES string of the molecule is COc1ccc(C2(O)OC3=CC=C(N4CCC(O)CC4)C(O)(O)C3(O)C(=O)C2(O)O)cc1. The largest absolute Gasteiger partial charge is 0.497 e. The maximum atomic E-state index is 13.1. The van der Waals surface area contributed by atoms with Gasteiger partial charge >= 0.3 is 5.79 Å². The number of fused-ring (bicyclic) bond motifs is 1. The summed E-state index contributed by atoms with van der Waals surface area (Å²) in [5, 5.41) is 74.9. The van der Waals surface area contributed by atoms with Crippen molar-refractivity contribution in [1.82, 2.24) is 4.90 Å². The second-order valence-electron chi connectivity index (χ2n) is 8.16. The van der Waals surface area contributed by atoms with E-state index in [9.17, 15) is 40.5 Å². The smallest absolute Gasteiger partial charge is 0.300 e. The van der Waals surface area contributed by atoms with Gasteiger partial charge in [-0.2, -0.15) is 0 Å². The van der Waals surface area contributed by atoms with Crippen LogP contribution in [0.5, 0.6) is 5.75 Å². The maximum absolute atomic E-state index is 13.1. The van der Waals surface area contributed by atoms with Crippen LogP contribution < -0.4 is 4.74 Å². The van der Waals surface area contributed by atoms with E-state index in [1.54, 1.807) is 0 Å². The van der Waals surface area contributed by atoms with Gasteiger partial charge in [-0.25, -0.2) is 0 Å². The predicted octanol–water partition coefficient (Wildman–Crippen LogP) is -2.23. The molecule has 2 aliphatic heterocycles. The van der Waals surface area contributed by atoms with E-state index in [1.165, 1.54) is 42.4 Å². The summed E-state index contributed by atoms with van der Waals surface area (Å²) in [5.74, 6) is -12.5. The van der Waals surface area contributed by atoms with Crippen LogP contribution in [0.2, 0.25) is 0 Å². The molecule has 3 aliphatic rings. The number of carbonyl (C=O) groups excluding carboxylic acids is 1. The van der Waals surface area contributed by atoms with Gasteiger partial charge < -0.3 is 50.1 Å². The number of hydrogen-bond donors (Lipinski definition) is 7. The van der Waals surface area contributed by atoms with Gasteiger partial charge in [0.2, 0.25) is 17.2 Å². The van der Waals surface area contributed by atoms with Gasteiger partial charge in [0.1, 0.15) is 11.5 Å². The lowest BCUT2D eigenvalue weighted by Gasteiger charge is -2.54. The van der Waals surface area contributed by atoms with Crippen molar-refractivity contribution >= 4 is 5.78 Å². The fourth-order valence-electron chi connectivity index (χ4n) is 4.27. The van der Waals surface area contributed by atoms with Crippen LogP contribution in [0.15, 0.2) is 47.9 Å². The number of ether oxygens (including phenoxy) is 2. The minimum Gasteiger partial charge on any atom is -0.497 e. The second kappa shape index (κ2) is 7.25. The molecule has 0 radical (unpaired) electrons. The molecule has 11 heteroatoms. The van der Waals surface area contributed by atoms with Crippen LogP contribution in [-0.2, 0) is 15.3 Å². The molecule has 0 saturated carbocycles. The standard InChI is InChI=1S/C21H25NO10/c1-31-14-4-2-12(3-5-14)21(30)20(28,29)17(24)18(25)16(32-21)7-6-15(19(18,26)27)22-10-8-13(23)9-11-22/h2-7,13,23,25-30H,8-11H2,1H3. The van der Waals surface area contributed by atoms with Crippen LogP contribution in [-0.4, -0.2) is 89.9 Å². The van der Waals surface area contributed by atoms with Crippen molar-refractivity contribution in [2.75, 3.05) is 20.2 Å². The fraction of sp³-hybridized carbons (Fsp3) is 0.476. The van der Waals surface area contributed by atoms with E-state index in [1.807, 2.05) is 0 Å². The zero-order valence-electron chi connectivity index (χ0n) is 17.2. The number of aliphatic hydroxyl groups excluding tert-OH is 1. The van der Waals surface area contributed by atoms with Crippen LogP contribution in [0.25, 0.3) is 0 Å². The van der Waals surface area contributed by atoms with Crippen molar-refractivity contribution in [2.24, 2.45) is 0 Å². The maximum Gasteiger partial charge on any atom is 0.300 e. The van der Waals surface area contributed by atoms with Gasteiger partial charge in [0, 0.05) is 18.7 Å². The monoisotopic (exact) mass is 451 g/mol. The number of nitrogens with zero attached hydrogens (tertiary/aromatic N) is 1. The van der Waals surface area contributed by atoms with E-state index in [0.717, 1.165) is 6.08 Å². The Bertz CT molecular complexity index is 977. The fourth-order valence-corrected chi connectivity index (χ4v) is 4.27. The van der Waals surface area contributed by atoms with E-state index in [2.05, 4.69) is 0 Å². The molecule has 2 fully saturated rings. The number of carbonyl (C=O) groups is 1. The molecule has 4 rings (SSSR count). The summed E-state index contributed by atoms with van der Waals surface area (Å²) in [6.07, 6.45) is 2.29. The predicted molar refractivity (Wildman–Crippen MR) is 105 cm³/mol. The first-order valence-electron chi connectivity index (χ1n) is 9.98. The molecule has 2 heterocycles. The normalized spacial score (nSPS) is 31.9. The average molecular weight is 451 g/mol. The van der Waals surface area contributed by atoms with Gasteiger partial charge in [0.05, 0.1) is 18.9 Å². The lowest BCUT2D eigenvalue weighted by Crippen LogP contribution is -2.77. The lowest BCUT2D eigenvalue weighted by molar-refractivity contribution is -0.389. The van der Waals surface area contributed by atoms with Gasteiger partial charge in [-0.1, -0.05) is 0 Å². The van der Waals surface area contributed by atoms with Crippen molar-refractivity contribution < 1.29 is 50.0 Å². The van der Waals surface area contributed by atoms with Crippen molar-refractivity contribution in [3.63, 3.8) is 0 Å². The molecule has 1 aromatic carbocycles. The molecule has 11 nitrogen and oxygen atoms in total. The quantitative estimate of drug-likeness (QED) is 0.247. The number of Topliss-reactive ketones (excluding diaryl/α,β-unsaturated/α-hetero) is 1. The summed E-state index contributed by atoms with van der Waals surface area (Å²) in [6, 6.07) is 5.18. The number of methoxy groups -OCH3 is 1. The summed E-state index contributed by atoms with van der Waals surface area (Å²) in [4.78, 5) is 14.6. The number of piperidine rings is 1. The molecule has 7 N–H and O–H groups in total. The third kappa shape index (κ3) is 2.90. The number of ketones is 1. The third-order valence-electron chi connectivity index (χ3n) is 6.27. The van der Waals surface area contributed by atoms with Gasteiger partial charge in [0.15, 0.2) is 0 Å². The molecule has 1 aromatic rings. The third-order valence-corrected chi connectivity index (χ3v) is 6.27. The molecular formula is C21H25NO10. The highest BCUT2D eigenvalue weighted by molar-refractivity contribution is 5.99. The summed E-state index contributed by atoms with van der Waals surface area (Å²) < 4.78 is 10.3. The van der Waals surface area contributed by atoms with E-state index in [0.29, 0.717) is 18.6 Å². The molecule has 1 aliphatic carbocycles. The number of likely N-dealkylation sites (tertiary alicyclic amines) is 1. The van der Waals surface area contributed by atoms with Gasteiger partial charge in [-0.15, -0.1) is 0 Å². The van der Waals surface area contributed by atoms with E-state index < -0.39 is 40.6 Å². The zero-order chi connectivity index (χ0) is 23.5. The molecule has 2 saturated heterocycles. The Morgan fingerprint density at radius 2 is 1.56 bits per heavy atom. The molecule has 0 spiro atoms. The van der Waals surface area contributed by atoms with Crippen LogP contribution in [0.4, 0.5) is 0 Å². The Morgan fingerprint density at radius 1 is 0.969 bits per heavy atom. The number of benzene rings is 1. The molecule has 0 amide bonds. The van der Waals surface area contributed by atoms with E-state index in [4.69, 9.17) is 9.47 Å². The van der Waals surface area contributed by atoms with Crippen molar-refractivity contribution in [3.8, 4) is 5.75 Å². The van der Waals surface area contributed by atoms with Crippen LogP contribution >= 0.6 is 0 Å². The average Bonchev–Trinajstić information content (AvgIpc) is 2.76. The molecule has 32 heavy (non-hydrogen) atoms. The molecule has 0 bridgehead atoms. The number of allylic oxidation sites excluding steroid dienone is 2. The van der Waals surface area contributed by atoms with Crippen LogP contribution in [0, 0.1) is 0 Å². The van der Waals surface area contributed by atoms with E-state index >= 15 is 0 Å². The lowest BCUT2D eigenvalue weighted by atomic mass is 9.72. The molecule has 174 valence electrons. The van der Waals surface area contributed by atoms with E-state index in [-0.39, 0.29) is 24.4 Å². The molecule has 2 unspecified atom stereocenters. The molecule has 2 atom stereocenters. The highest BCUT2D eigenvalue weighted by Crippen LogP contribution is 2.51. The van der Waals surface area contributed by atoms with Gasteiger partial charge in [-0.3, -0.25) is 4.79 Å². The number of aliphatic hydroxyl groups is 7. The van der Waals surface area contributed by atoms with Crippen LogP contribution in [0.3, 0.4) is 0 Å². The first-order chi connectivity index (χ1) is 14.9. The minimum atomic E-state index is -3.77. The summed E-state index contributed by atoms with van der Waals surface area (Å²) in [7, 11) is 1.40. The topological polar surface area (TPSA) is 180 Å². The van der Waals surface area contributed by atoms with Crippen molar-refractivity contribution in [3.05, 3.63) is 53.4 Å². The molecular weight excluding hydrogens is 426 g/mol. The first kappa shape index (κ1) is 22.7. The van der Waals surface area contributed by atoms with Crippen LogP contribution in [0.1, 0.15) is 18.4 Å². The summed E-state index contributed by atoms with van der Waals surface area (Å²) in [5.41, 5.74) is -3.89. The second-order valence-corrected chi connectivity index (χ2v) is 8.16. The first-order valence-corrected chi connectivity index (χ1v) is 9.98. The Hall–Kier alpha value is -2.51. The zero-order valence-corrected chi connectivity index (χ0v) is 17.2. The Balaban J connectivity index is 1.79. The molecule has 0 aromatic heterocycles. The van der Waals surface area contributed by atoms with Gasteiger partial charge in [-0.05, 0) is 49.3 Å².